The molecule has 1 atom stereocenters. The third-order valence-corrected chi connectivity index (χ3v) is 5.11. The first-order valence-corrected chi connectivity index (χ1v) is 7.83. The van der Waals surface area contributed by atoms with E-state index in [2.05, 4.69) is 0 Å². The fraction of sp³-hybridized carbons (Fsp3) is 0.538. The molecule has 1 aliphatic rings. The molecule has 0 bridgehead atoms. The summed E-state index contributed by atoms with van der Waals surface area (Å²) in [6, 6.07) is 7.94. The average molecular weight is 254 g/mol. The molecule has 1 aromatic carbocycles. The lowest BCUT2D eigenvalue weighted by atomic mass is 9.94. The van der Waals surface area contributed by atoms with Crippen LogP contribution in [0.3, 0.4) is 0 Å². The van der Waals surface area contributed by atoms with Crippen molar-refractivity contribution in [3.05, 3.63) is 35.4 Å². The lowest BCUT2D eigenvalue weighted by Gasteiger charge is -2.22. The normalized spacial score (nSPS) is 23.5. The molecule has 1 aromatic rings. The minimum Gasteiger partial charge on any atom is -0.396 e. The van der Waals surface area contributed by atoms with E-state index < -0.39 is 9.84 Å². The fourth-order valence-electron chi connectivity index (χ4n) is 2.42. The summed E-state index contributed by atoms with van der Waals surface area (Å²) in [4.78, 5) is 0. The van der Waals surface area contributed by atoms with Gasteiger partial charge in [0.25, 0.3) is 0 Å². The summed E-state index contributed by atoms with van der Waals surface area (Å²) in [5.41, 5.74) is 2.17. The van der Waals surface area contributed by atoms with Crippen LogP contribution < -0.4 is 0 Å². The minimum atomic E-state index is -2.85. The smallest absolute Gasteiger partial charge is 0.150 e. The van der Waals surface area contributed by atoms with E-state index in [9.17, 15) is 8.42 Å². The van der Waals surface area contributed by atoms with Gasteiger partial charge in [-0.05, 0) is 36.3 Å². The van der Waals surface area contributed by atoms with Crippen molar-refractivity contribution in [1.82, 2.24) is 0 Å². The van der Waals surface area contributed by atoms with Crippen molar-refractivity contribution < 1.29 is 13.5 Å². The molecule has 0 amide bonds. The van der Waals surface area contributed by atoms with Gasteiger partial charge in [-0.2, -0.15) is 0 Å². The maximum atomic E-state index is 11.6. The predicted molar refractivity (Wildman–Crippen MR) is 67.9 cm³/mol. The molecule has 1 aliphatic heterocycles. The minimum absolute atomic E-state index is 0.131. The Morgan fingerprint density at radius 1 is 1.35 bits per heavy atom. The van der Waals surface area contributed by atoms with E-state index in [0.29, 0.717) is 12.2 Å². The second-order valence-corrected chi connectivity index (χ2v) is 6.90. The van der Waals surface area contributed by atoms with Gasteiger partial charge in [0.15, 0.2) is 9.84 Å². The molecule has 0 aliphatic carbocycles. The second-order valence-electron chi connectivity index (χ2n) is 4.67. The van der Waals surface area contributed by atoms with Crippen LogP contribution in [0.25, 0.3) is 0 Å². The van der Waals surface area contributed by atoms with Gasteiger partial charge < -0.3 is 5.11 Å². The van der Waals surface area contributed by atoms with Crippen LogP contribution in [0.1, 0.15) is 29.9 Å². The number of sulfone groups is 1. The Morgan fingerprint density at radius 2 is 2.18 bits per heavy atom. The monoisotopic (exact) mass is 254 g/mol. The molecule has 1 saturated heterocycles. The van der Waals surface area contributed by atoms with E-state index in [1.807, 2.05) is 24.3 Å². The molecule has 1 heterocycles. The van der Waals surface area contributed by atoms with E-state index in [1.54, 1.807) is 0 Å². The Morgan fingerprint density at radius 3 is 2.88 bits per heavy atom. The number of hydrogen-bond donors (Lipinski definition) is 1. The van der Waals surface area contributed by atoms with Crippen LogP contribution in [0.15, 0.2) is 24.3 Å². The van der Waals surface area contributed by atoms with Gasteiger partial charge in [0, 0.05) is 6.61 Å². The third-order valence-electron chi connectivity index (χ3n) is 3.29. The van der Waals surface area contributed by atoms with Gasteiger partial charge in [0.05, 0.1) is 11.5 Å². The van der Waals surface area contributed by atoms with Crippen LogP contribution in [-0.4, -0.2) is 31.6 Å². The van der Waals surface area contributed by atoms with E-state index in [1.165, 1.54) is 0 Å². The van der Waals surface area contributed by atoms with Gasteiger partial charge in [-0.3, -0.25) is 0 Å². The van der Waals surface area contributed by atoms with Gasteiger partial charge in [-0.1, -0.05) is 24.3 Å². The summed E-state index contributed by atoms with van der Waals surface area (Å²) >= 11 is 0. The van der Waals surface area contributed by atoms with E-state index in [0.717, 1.165) is 24.0 Å². The zero-order valence-electron chi connectivity index (χ0n) is 9.80. The molecule has 1 fully saturated rings. The number of aliphatic hydroxyl groups is 1. The van der Waals surface area contributed by atoms with Crippen molar-refractivity contribution in [3.63, 3.8) is 0 Å². The van der Waals surface area contributed by atoms with Crippen LogP contribution in [0.4, 0.5) is 0 Å². The molecular weight excluding hydrogens is 236 g/mol. The highest BCUT2D eigenvalue weighted by molar-refractivity contribution is 7.91. The Bertz CT molecular complexity index is 479. The molecule has 0 aromatic heterocycles. The van der Waals surface area contributed by atoms with E-state index >= 15 is 0 Å². The molecule has 1 N–H and O–H groups in total. The summed E-state index contributed by atoms with van der Waals surface area (Å²) in [5.74, 6) is 0.738. The number of rotatable bonds is 3. The molecule has 0 spiro atoms. The first-order valence-electron chi connectivity index (χ1n) is 6.01. The zero-order chi connectivity index (χ0) is 12.3. The standard InChI is InChI=1S/C13H18O3S/c14-7-6-11-3-1-4-12(9-11)13-5-2-8-17(15,16)10-13/h1,3-4,9,13-14H,2,5-8,10H2. The van der Waals surface area contributed by atoms with Crippen molar-refractivity contribution in [3.8, 4) is 0 Å². The topological polar surface area (TPSA) is 54.4 Å². The molecular formula is C13H18O3S. The van der Waals surface area contributed by atoms with Crippen LogP contribution in [0.5, 0.6) is 0 Å². The Balaban J connectivity index is 2.19. The maximum absolute atomic E-state index is 11.6. The number of benzene rings is 1. The lowest BCUT2D eigenvalue weighted by molar-refractivity contribution is 0.299. The first kappa shape index (κ1) is 12.6. The Hall–Kier alpha value is -0.870. The molecule has 3 nitrogen and oxygen atoms in total. The summed E-state index contributed by atoms with van der Waals surface area (Å²) in [5, 5.41) is 8.91. The third kappa shape index (κ3) is 3.30. The summed E-state index contributed by atoms with van der Waals surface area (Å²) in [6.45, 7) is 0.131. The van der Waals surface area contributed by atoms with Crippen molar-refractivity contribution in [2.45, 2.75) is 25.2 Å². The highest BCUT2D eigenvalue weighted by atomic mass is 32.2. The van der Waals surface area contributed by atoms with Gasteiger partial charge in [-0.15, -0.1) is 0 Å². The Labute approximate surface area is 102 Å². The van der Waals surface area contributed by atoms with Crippen LogP contribution in [0.2, 0.25) is 0 Å². The molecule has 0 saturated carbocycles. The summed E-state index contributed by atoms with van der Waals surface area (Å²) < 4.78 is 23.2. The maximum Gasteiger partial charge on any atom is 0.150 e. The largest absolute Gasteiger partial charge is 0.396 e. The van der Waals surface area contributed by atoms with Crippen LogP contribution in [0, 0.1) is 0 Å². The molecule has 17 heavy (non-hydrogen) atoms. The molecule has 2 rings (SSSR count). The van der Waals surface area contributed by atoms with Gasteiger partial charge in [0.1, 0.15) is 0 Å². The highest BCUT2D eigenvalue weighted by Gasteiger charge is 2.25. The van der Waals surface area contributed by atoms with Crippen LogP contribution in [-0.2, 0) is 16.3 Å². The van der Waals surface area contributed by atoms with Crippen molar-refractivity contribution in [2.75, 3.05) is 18.1 Å². The van der Waals surface area contributed by atoms with Gasteiger partial charge >= 0.3 is 0 Å². The average Bonchev–Trinajstić information content (AvgIpc) is 2.28. The van der Waals surface area contributed by atoms with Crippen molar-refractivity contribution >= 4 is 9.84 Å². The number of aliphatic hydroxyl groups excluding tert-OH is 1. The second kappa shape index (κ2) is 5.19. The van der Waals surface area contributed by atoms with Crippen molar-refractivity contribution in [1.29, 1.82) is 0 Å². The summed E-state index contributed by atoms with van der Waals surface area (Å²) in [7, 11) is -2.85. The van der Waals surface area contributed by atoms with Crippen LogP contribution >= 0.6 is 0 Å². The van der Waals surface area contributed by atoms with E-state index in [4.69, 9.17) is 5.11 Å². The van der Waals surface area contributed by atoms with Gasteiger partial charge in [0.2, 0.25) is 0 Å². The lowest BCUT2D eigenvalue weighted by Crippen LogP contribution is -2.23. The Kier molecular flexibility index (Phi) is 3.84. The SMILES string of the molecule is O=S1(=O)CCCC(c2cccc(CCO)c2)C1. The molecule has 0 radical (unpaired) electrons. The van der Waals surface area contributed by atoms with E-state index in [-0.39, 0.29) is 18.3 Å². The molecule has 4 heteroatoms. The van der Waals surface area contributed by atoms with Crippen molar-refractivity contribution in [2.24, 2.45) is 0 Å². The summed E-state index contributed by atoms with van der Waals surface area (Å²) in [6.07, 6.45) is 2.34. The number of hydrogen-bond acceptors (Lipinski definition) is 3. The zero-order valence-corrected chi connectivity index (χ0v) is 10.6. The van der Waals surface area contributed by atoms with Gasteiger partial charge in [-0.25, -0.2) is 8.42 Å². The molecule has 94 valence electrons. The fourth-order valence-corrected chi connectivity index (χ4v) is 4.16. The molecule has 1 unspecified atom stereocenters. The quantitative estimate of drug-likeness (QED) is 0.889. The predicted octanol–water partition coefficient (Wildman–Crippen LogP) is 1.51. The highest BCUT2D eigenvalue weighted by Crippen LogP contribution is 2.28. The first-order chi connectivity index (χ1) is 8.11.